The van der Waals surface area contributed by atoms with E-state index >= 15 is 0 Å². The van der Waals surface area contributed by atoms with E-state index in [1.165, 1.54) is 18.5 Å². The summed E-state index contributed by atoms with van der Waals surface area (Å²) < 4.78 is 5.61. The second kappa shape index (κ2) is 10.4. The second-order valence-corrected chi connectivity index (χ2v) is 7.12. The van der Waals surface area contributed by atoms with E-state index in [0.717, 1.165) is 37.8 Å². The molecule has 5 nitrogen and oxygen atoms in total. The summed E-state index contributed by atoms with van der Waals surface area (Å²) in [5.74, 6) is 0.779. The molecule has 2 aliphatic rings. The fourth-order valence-electron chi connectivity index (χ4n) is 3.65. The van der Waals surface area contributed by atoms with Crippen LogP contribution in [0.15, 0.2) is 24.3 Å². The minimum Gasteiger partial charge on any atom is -0.371 e. The van der Waals surface area contributed by atoms with Gasteiger partial charge in [-0.15, -0.1) is 24.8 Å². The summed E-state index contributed by atoms with van der Waals surface area (Å²) in [7, 11) is 1.64. The maximum atomic E-state index is 12.8. The van der Waals surface area contributed by atoms with Gasteiger partial charge in [-0.05, 0) is 62.9 Å². The maximum Gasteiger partial charge on any atom is 0.256 e. The van der Waals surface area contributed by atoms with Crippen molar-refractivity contribution in [3.63, 3.8) is 0 Å². The molecule has 0 aromatic heterocycles. The SMILES string of the molecule is COC1(C(=O)Nc2cccc(N3CCC(C)CC3)c2)CCNCC1.Cl.Cl. The van der Waals surface area contributed by atoms with Gasteiger partial charge in [-0.1, -0.05) is 13.0 Å². The van der Waals surface area contributed by atoms with E-state index in [9.17, 15) is 4.79 Å². The van der Waals surface area contributed by atoms with Gasteiger partial charge in [0.25, 0.3) is 5.91 Å². The molecule has 2 fully saturated rings. The molecule has 1 aromatic carbocycles. The van der Waals surface area contributed by atoms with Gasteiger partial charge < -0.3 is 20.3 Å². The summed E-state index contributed by atoms with van der Waals surface area (Å²) in [6.45, 7) is 6.12. The van der Waals surface area contributed by atoms with Crippen LogP contribution in [-0.4, -0.2) is 44.8 Å². The third kappa shape index (κ3) is 5.26. The molecule has 0 radical (unpaired) electrons. The summed E-state index contributed by atoms with van der Waals surface area (Å²) in [4.78, 5) is 15.2. The second-order valence-electron chi connectivity index (χ2n) is 7.12. The Bertz CT molecular complexity index is 572. The lowest BCUT2D eigenvalue weighted by molar-refractivity contribution is -0.140. The first-order chi connectivity index (χ1) is 11.6. The number of nitrogens with zero attached hydrogens (tertiary/aromatic N) is 1. The molecule has 0 saturated carbocycles. The monoisotopic (exact) mass is 403 g/mol. The van der Waals surface area contributed by atoms with Crippen molar-refractivity contribution in [3.05, 3.63) is 24.3 Å². The molecule has 1 aromatic rings. The molecule has 3 rings (SSSR count). The quantitative estimate of drug-likeness (QED) is 0.807. The van der Waals surface area contributed by atoms with Crippen LogP contribution in [0.1, 0.15) is 32.6 Å². The highest BCUT2D eigenvalue weighted by molar-refractivity contribution is 5.97. The Labute approximate surface area is 169 Å². The summed E-state index contributed by atoms with van der Waals surface area (Å²) in [6, 6.07) is 8.18. The molecule has 0 unspecified atom stereocenters. The van der Waals surface area contributed by atoms with Crippen molar-refractivity contribution < 1.29 is 9.53 Å². The van der Waals surface area contributed by atoms with Crippen LogP contribution >= 0.6 is 24.8 Å². The van der Waals surface area contributed by atoms with Crippen LogP contribution < -0.4 is 15.5 Å². The Morgan fingerprint density at radius 3 is 2.50 bits per heavy atom. The van der Waals surface area contributed by atoms with Crippen LogP contribution in [0, 0.1) is 5.92 Å². The lowest BCUT2D eigenvalue weighted by Gasteiger charge is -2.35. The van der Waals surface area contributed by atoms with E-state index in [2.05, 4.69) is 34.6 Å². The van der Waals surface area contributed by atoms with Crippen molar-refractivity contribution in [2.75, 3.05) is 43.5 Å². The van der Waals surface area contributed by atoms with E-state index in [0.29, 0.717) is 12.8 Å². The van der Waals surface area contributed by atoms with Crippen molar-refractivity contribution in [2.24, 2.45) is 5.92 Å². The Balaban J connectivity index is 0.00000169. The minimum absolute atomic E-state index is 0. The molecule has 7 heteroatoms. The molecular weight excluding hydrogens is 373 g/mol. The van der Waals surface area contributed by atoms with Gasteiger partial charge in [0.15, 0.2) is 0 Å². The van der Waals surface area contributed by atoms with Crippen molar-refractivity contribution in [1.29, 1.82) is 0 Å². The molecule has 0 aliphatic carbocycles. The highest BCUT2D eigenvalue weighted by atomic mass is 35.5. The molecule has 0 bridgehead atoms. The van der Waals surface area contributed by atoms with Gasteiger partial charge in [0.1, 0.15) is 5.60 Å². The van der Waals surface area contributed by atoms with Gasteiger partial charge in [-0.3, -0.25) is 4.79 Å². The molecule has 2 heterocycles. The van der Waals surface area contributed by atoms with E-state index in [1.54, 1.807) is 7.11 Å². The van der Waals surface area contributed by atoms with Gasteiger partial charge in [0, 0.05) is 31.6 Å². The van der Waals surface area contributed by atoms with E-state index < -0.39 is 5.60 Å². The summed E-state index contributed by atoms with van der Waals surface area (Å²) in [5.41, 5.74) is 1.34. The van der Waals surface area contributed by atoms with Gasteiger partial charge in [-0.25, -0.2) is 0 Å². The van der Waals surface area contributed by atoms with Crippen molar-refractivity contribution in [3.8, 4) is 0 Å². The Morgan fingerprint density at radius 2 is 1.88 bits per heavy atom. The Kier molecular flexibility index (Phi) is 9.17. The van der Waals surface area contributed by atoms with E-state index in [-0.39, 0.29) is 30.7 Å². The number of ether oxygens (including phenoxy) is 1. The van der Waals surface area contributed by atoms with Crippen LogP contribution in [0.5, 0.6) is 0 Å². The van der Waals surface area contributed by atoms with Crippen LogP contribution in [0.25, 0.3) is 0 Å². The number of halogens is 2. The van der Waals surface area contributed by atoms with Crippen molar-refractivity contribution >= 4 is 42.1 Å². The number of hydrogen-bond acceptors (Lipinski definition) is 4. The van der Waals surface area contributed by atoms with Crippen molar-refractivity contribution in [1.82, 2.24) is 5.32 Å². The lowest BCUT2D eigenvalue weighted by atomic mass is 9.91. The number of carbonyl (C=O) groups is 1. The van der Waals surface area contributed by atoms with Crippen molar-refractivity contribution in [2.45, 2.75) is 38.2 Å². The van der Waals surface area contributed by atoms with E-state index in [1.807, 2.05) is 12.1 Å². The maximum absolute atomic E-state index is 12.8. The van der Waals surface area contributed by atoms with Gasteiger partial charge in [0.05, 0.1) is 0 Å². The van der Waals surface area contributed by atoms with Crippen LogP contribution in [-0.2, 0) is 9.53 Å². The molecule has 2 saturated heterocycles. The van der Waals surface area contributed by atoms with Gasteiger partial charge in [-0.2, -0.15) is 0 Å². The lowest BCUT2D eigenvalue weighted by Crippen LogP contribution is -2.51. The molecule has 2 N–H and O–H groups in total. The van der Waals surface area contributed by atoms with Gasteiger partial charge in [0.2, 0.25) is 0 Å². The van der Waals surface area contributed by atoms with Crippen LogP contribution in [0.3, 0.4) is 0 Å². The van der Waals surface area contributed by atoms with Gasteiger partial charge >= 0.3 is 0 Å². The zero-order chi connectivity index (χ0) is 17.0. The first kappa shape index (κ1) is 23.0. The smallest absolute Gasteiger partial charge is 0.256 e. The Hall–Kier alpha value is -1.01. The zero-order valence-electron chi connectivity index (χ0n) is 15.6. The summed E-state index contributed by atoms with van der Waals surface area (Å²) in [6.07, 6.45) is 3.88. The number of carbonyl (C=O) groups excluding carboxylic acids is 1. The molecule has 0 atom stereocenters. The molecular formula is C19H31Cl2N3O2. The number of methoxy groups -OCH3 is 1. The fraction of sp³-hybridized carbons (Fsp3) is 0.632. The molecule has 148 valence electrons. The topological polar surface area (TPSA) is 53.6 Å². The molecule has 0 spiro atoms. The third-order valence-corrected chi connectivity index (χ3v) is 5.47. The number of anilines is 2. The highest BCUT2D eigenvalue weighted by Crippen LogP contribution is 2.28. The first-order valence-electron chi connectivity index (χ1n) is 9.05. The minimum atomic E-state index is -0.707. The average molecular weight is 404 g/mol. The van der Waals surface area contributed by atoms with Crippen LogP contribution in [0.4, 0.5) is 11.4 Å². The molecule has 26 heavy (non-hydrogen) atoms. The molecule has 1 amide bonds. The summed E-state index contributed by atoms with van der Waals surface area (Å²) >= 11 is 0. The highest BCUT2D eigenvalue weighted by Gasteiger charge is 2.39. The largest absolute Gasteiger partial charge is 0.371 e. The average Bonchev–Trinajstić information content (AvgIpc) is 2.63. The normalized spacial score (nSPS) is 19.8. The predicted octanol–water partition coefficient (Wildman–Crippen LogP) is 3.47. The number of rotatable bonds is 4. The number of nitrogens with one attached hydrogen (secondary N) is 2. The zero-order valence-corrected chi connectivity index (χ0v) is 17.3. The van der Waals surface area contributed by atoms with E-state index in [4.69, 9.17) is 4.74 Å². The molecule has 2 aliphatic heterocycles. The van der Waals surface area contributed by atoms with Crippen LogP contribution in [0.2, 0.25) is 0 Å². The number of amides is 1. The number of benzene rings is 1. The number of piperidine rings is 2. The first-order valence-corrected chi connectivity index (χ1v) is 9.05. The summed E-state index contributed by atoms with van der Waals surface area (Å²) in [5, 5.41) is 6.35. The predicted molar refractivity (Wildman–Crippen MR) is 112 cm³/mol. The fourth-order valence-corrected chi connectivity index (χ4v) is 3.65. The third-order valence-electron chi connectivity index (χ3n) is 5.47. The standard InChI is InChI=1S/C19H29N3O2.2ClH/c1-15-6-12-22(13-7-15)17-5-3-4-16(14-17)21-18(23)19(24-2)8-10-20-11-9-19;;/h3-5,14-15,20H,6-13H2,1-2H3,(H,21,23);2*1H. The Morgan fingerprint density at radius 1 is 1.23 bits per heavy atom. The number of hydrogen-bond donors (Lipinski definition) is 2.